The number of carbonyl (C=O) groups excluding carboxylic acids is 2. The molecule has 1 aromatic rings. The number of rotatable bonds is 6. The molecule has 0 aliphatic heterocycles. The van der Waals surface area contributed by atoms with Crippen molar-refractivity contribution in [2.24, 2.45) is 5.92 Å². The number of benzene rings is 1. The third-order valence-corrected chi connectivity index (χ3v) is 4.03. The third-order valence-electron chi connectivity index (χ3n) is 4.03. The lowest BCUT2D eigenvalue weighted by molar-refractivity contribution is -0.123. The molecule has 0 aromatic heterocycles. The van der Waals surface area contributed by atoms with Gasteiger partial charge in [0.1, 0.15) is 5.75 Å². The first-order valence-electron chi connectivity index (χ1n) is 8.12. The van der Waals surface area contributed by atoms with Gasteiger partial charge in [-0.1, -0.05) is 31.4 Å². The van der Waals surface area contributed by atoms with Crippen LogP contribution >= 0.6 is 0 Å². The molecule has 1 N–H and O–H groups in total. The highest BCUT2D eigenvalue weighted by molar-refractivity contribution is 6.12. The predicted molar refractivity (Wildman–Crippen MR) is 86.1 cm³/mol. The van der Waals surface area contributed by atoms with E-state index in [4.69, 9.17) is 4.74 Å². The van der Waals surface area contributed by atoms with Crippen LogP contribution < -0.4 is 10.1 Å². The van der Waals surface area contributed by atoms with Crippen molar-refractivity contribution in [2.45, 2.75) is 45.1 Å². The normalized spacial score (nSPS) is 16.2. The molecular weight excluding hydrogens is 292 g/mol. The summed E-state index contributed by atoms with van der Waals surface area (Å²) < 4.78 is 5.36. The average molecular weight is 314 g/mol. The second-order valence-electron chi connectivity index (χ2n) is 5.73. The molecule has 0 radical (unpaired) electrons. The molecule has 23 heavy (non-hydrogen) atoms. The molecule has 1 fully saturated rings. The van der Waals surface area contributed by atoms with Crippen molar-refractivity contribution in [3.8, 4) is 11.8 Å². The monoisotopic (exact) mass is 314 g/mol. The number of ketones is 1. The van der Waals surface area contributed by atoms with Gasteiger partial charge in [-0.25, -0.2) is 0 Å². The zero-order valence-electron chi connectivity index (χ0n) is 13.4. The molecule has 1 aliphatic carbocycles. The van der Waals surface area contributed by atoms with Crippen LogP contribution in [0.1, 0.15) is 49.4 Å². The first kappa shape index (κ1) is 17.0. The fraction of sp³-hybridized carbons (Fsp3) is 0.500. The Morgan fingerprint density at radius 1 is 1.35 bits per heavy atom. The summed E-state index contributed by atoms with van der Waals surface area (Å²) in [4.78, 5) is 24.8. The van der Waals surface area contributed by atoms with Crippen LogP contribution in [-0.4, -0.2) is 24.3 Å². The maximum atomic E-state index is 12.5. The number of hydrogen-bond acceptors (Lipinski definition) is 4. The Morgan fingerprint density at radius 2 is 2.09 bits per heavy atom. The van der Waals surface area contributed by atoms with Crippen LogP contribution in [0.3, 0.4) is 0 Å². The molecule has 5 heteroatoms. The van der Waals surface area contributed by atoms with Gasteiger partial charge in [0.05, 0.1) is 12.7 Å². The zero-order chi connectivity index (χ0) is 16.7. The quantitative estimate of drug-likeness (QED) is 0.647. The Balaban J connectivity index is 2.06. The largest absolute Gasteiger partial charge is 0.494 e. The van der Waals surface area contributed by atoms with Gasteiger partial charge in [-0.2, -0.15) is 5.26 Å². The maximum Gasteiger partial charge on any atom is 0.245 e. The minimum Gasteiger partial charge on any atom is -0.494 e. The molecule has 0 heterocycles. The van der Waals surface area contributed by atoms with Crippen molar-refractivity contribution in [2.75, 3.05) is 6.61 Å². The van der Waals surface area contributed by atoms with Crippen LogP contribution in [0.5, 0.6) is 5.75 Å². The van der Waals surface area contributed by atoms with E-state index < -0.39 is 17.6 Å². The summed E-state index contributed by atoms with van der Waals surface area (Å²) in [7, 11) is 0. The van der Waals surface area contributed by atoms with Crippen LogP contribution in [0.15, 0.2) is 24.3 Å². The minimum absolute atomic E-state index is 0.0784. The van der Waals surface area contributed by atoms with E-state index in [9.17, 15) is 14.9 Å². The highest BCUT2D eigenvalue weighted by Gasteiger charge is 2.29. The number of hydrogen-bond donors (Lipinski definition) is 1. The van der Waals surface area contributed by atoms with Crippen molar-refractivity contribution in [1.29, 1.82) is 5.26 Å². The molecule has 1 amide bonds. The predicted octanol–water partition coefficient (Wildman–Crippen LogP) is 2.86. The summed E-state index contributed by atoms with van der Waals surface area (Å²) in [5.41, 5.74) is 0.321. The first-order valence-corrected chi connectivity index (χ1v) is 8.12. The number of carbonyl (C=O) groups is 2. The van der Waals surface area contributed by atoms with Crippen LogP contribution in [0.2, 0.25) is 0 Å². The number of nitrogens with one attached hydrogen (secondary N) is 1. The molecule has 5 nitrogen and oxygen atoms in total. The standard InChI is InChI=1S/C18H22N2O3/c1-2-23-15-10-6-7-13(11-15)17(21)16(12-19)18(22)20-14-8-4-3-5-9-14/h6-7,10-11,14,16H,2-5,8-9H2,1H3,(H,20,22). The molecule has 2 rings (SSSR count). The number of nitriles is 1. The van der Waals surface area contributed by atoms with Crippen molar-refractivity contribution in [3.05, 3.63) is 29.8 Å². The van der Waals surface area contributed by atoms with Crippen LogP contribution in [-0.2, 0) is 4.79 Å². The Morgan fingerprint density at radius 3 is 2.74 bits per heavy atom. The summed E-state index contributed by atoms with van der Waals surface area (Å²) in [5.74, 6) is -1.73. The summed E-state index contributed by atoms with van der Waals surface area (Å²) in [5, 5.41) is 12.1. The van der Waals surface area contributed by atoms with E-state index >= 15 is 0 Å². The lowest BCUT2D eigenvalue weighted by Crippen LogP contribution is -2.42. The van der Waals surface area contributed by atoms with Gasteiger partial charge in [0, 0.05) is 11.6 Å². The highest BCUT2D eigenvalue weighted by Crippen LogP contribution is 2.19. The Kier molecular flexibility index (Phi) is 6.16. The lowest BCUT2D eigenvalue weighted by atomic mass is 9.93. The van der Waals surface area contributed by atoms with E-state index in [1.807, 2.05) is 13.0 Å². The van der Waals surface area contributed by atoms with E-state index in [1.165, 1.54) is 6.42 Å². The molecule has 1 aromatic carbocycles. The average Bonchev–Trinajstić information content (AvgIpc) is 2.57. The van der Waals surface area contributed by atoms with Gasteiger partial charge < -0.3 is 10.1 Å². The minimum atomic E-state index is -1.31. The topological polar surface area (TPSA) is 79.2 Å². The Hall–Kier alpha value is -2.35. The molecule has 122 valence electrons. The van der Waals surface area contributed by atoms with Gasteiger partial charge in [-0.3, -0.25) is 9.59 Å². The molecule has 0 saturated heterocycles. The van der Waals surface area contributed by atoms with Gasteiger partial charge in [0.25, 0.3) is 0 Å². The van der Waals surface area contributed by atoms with E-state index in [-0.39, 0.29) is 6.04 Å². The second-order valence-corrected chi connectivity index (χ2v) is 5.73. The van der Waals surface area contributed by atoms with Crippen molar-refractivity contribution >= 4 is 11.7 Å². The fourth-order valence-corrected chi connectivity index (χ4v) is 2.84. The molecule has 0 bridgehead atoms. The molecule has 1 atom stereocenters. The van der Waals surface area contributed by atoms with Crippen LogP contribution in [0.4, 0.5) is 0 Å². The van der Waals surface area contributed by atoms with Crippen molar-refractivity contribution < 1.29 is 14.3 Å². The Labute approximate surface area is 136 Å². The lowest BCUT2D eigenvalue weighted by Gasteiger charge is -2.23. The van der Waals surface area contributed by atoms with Crippen LogP contribution in [0, 0.1) is 17.2 Å². The molecular formula is C18H22N2O3. The number of amides is 1. The van der Waals surface area contributed by atoms with Crippen molar-refractivity contribution in [1.82, 2.24) is 5.32 Å². The smallest absolute Gasteiger partial charge is 0.245 e. The molecule has 1 aliphatic rings. The summed E-state index contributed by atoms with van der Waals surface area (Å²) in [6, 6.07) is 8.52. The van der Waals surface area contributed by atoms with Gasteiger partial charge >= 0.3 is 0 Å². The van der Waals surface area contributed by atoms with Crippen molar-refractivity contribution in [3.63, 3.8) is 0 Å². The molecule has 1 saturated carbocycles. The molecule has 1 unspecified atom stereocenters. The summed E-state index contributed by atoms with van der Waals surface area (Å²) in [6.45, 7) is 2.34. The number of ether oxygens (including phenoxy) is 1. The number of nitrogens with zero attached hydrogens (tertiary/aromatic N) is 1. The van der Waals surface area contributed by atoms with Gasteiger partial charge in [0.2, 0.25) is 5.91 Å². The Bertz CT molecular complexity index is 601. The second kappa shape index (κ2) is 8.33. The molecule has 0 spiro atoms. The van der Waals surface area contributed by atoms with E-state index in [0.717, 1.165) is 25.7 Å². The van der Waals surface area contributed by atoms with Gasteiger partial charge in [-0.15, -0.1) is 0 Å². The summed E-state index contributed by atoms with van der Waals surface area (Å²) in [6.07, 6.45) is 5.16. The SMILES string of the molecule is CCOc1cccc(C(=O)C(C#N)C(=O)NC2CCCCC2)c1. The van der Waals surface area contributed by atoms with E-state index in [1.54, 1.807) is 24.3 Å². The zero-order valence-corrected chi connectivity index (χ0v) is 13.4. The van der Waals surface area contributed by atoms with Gasteiger partial charge in [0.15, 0.2) is 11.7 Å². The first-order chi connectivity index (χ1) is 11.2. The highest BCUT2D eigenvalue weighted by atomic mass is 16.5. The van der Waals surface area contributed by atoms with E-state index in [0.29, 0.717) is 17.9 Å². The fourth-order valence-electron chi connectivity index (χ4n) is 2.84. The summed E-state index contributed by atoms with van der Waals surface area (Å²) >= 11 is 0. The third kappa shape index (κ3) is 4.56. The van der Waals surface area contributed by atoms with Gasteiger partial charge in [-0.05, 0) is 31.9 Å². The van der Waals surface area contributed by atoms with Crippen LogP contribution in [0.25, 0.3) is 0 Å². The number of Topliss-reactive ketones (excluding diaryl/α,β-unsaturated/α-hetero) is 1. The maximum absolute atomic E-state index is 12.5. The van der Waals surface area contributed by atoms with E-state index in [2.05, 4.69) is 5.32 Å².